The third-order valence-electron chi connectivity index (χ3n) is 5.90. The van der Waals surface area contributed by atoms with E-state index in [4.69, 9.17) is 0 Å². The third-order valence-corrected chi connectivity index (χ3v) is 8.16. The Balaban J connectivity index is 1.60. The number of anilines is 1. The van der Waals surface area contributed by atoms with Crippen LogP contribution in [0.5, 0.6) is 0 Å². The van der Waals surface area contributed by atoms with Crippen molar-refractivity contribution in [2.24, 2.45) is 0 Å². The van der Waals surface area contributed by atoms with Crippen molar-refractivity contribution in [3.05, 3.63) is 30.5 Å². The first kappa shape index (κ1) is 22.3. The smallest absolute Gasteiger partial charge is 0.242 e. The van der Waals surface area contributed by atoms with E-state index in [9.17, 15) is 18.0 Å². The molecule has 1 aliphatic carbocycles. The summed E-state index contributed by atoms with van der Waals surface area (Å²) in [5.41, 5.74) is 1.54. The molecule has 0 radical (unpaired) electrons. The van der Waals surface area contributed by atoms with Crippen LogP contribution in [0.15, 0.2) is 30.5 Å². The molecule has 1 aromatic carbocycles. The number of benzene rings is 1. The molecule has 0 bridgehead atoms. The molecule has 7 nitrogen and oxygen atoms in total. The van der Waals surface area contributed by atoms with Crippen LogP contribution in [0.25, 0.3) is 10.9 Å². The van der Waals surface area contributed by atoms with Gasteiger partial charge in [0.25, 0.3) is 0 Å². The normalized spacial score (nSPS) is 14.9. The molecule has 1 fully saturated rings. The first-order chi connectivity index (χ1) is 14.3. The number of nitrogens with one attached hydrogen (secondary N) is 1. The fourth-order valence-corrected chi connectivity index (χ4v) is 5.97. The van der Waals surface area contributed by atoms with E-state index in [1.165, 1.54) is 0 Å². The largest absolute Gasteiger partial charge is 0.342 e. The summed E-state index contributed by atoms with van der Waals surface area (Å²) >= 11 is 0. The summed E-state index contributed by atoms with van der Waals surface area (Å²) in [6.45, 7) is 5.56. The molecule has 164 valence electrons. The number of rotatable bonds is 9. The van der Waals surface area contributed by atoms with Gasteiger partial charge in [-0.2, -0.15) is 0 Å². The van der Waals surface area contributed by atoms with Crippen LogP contribution in [0.3, 0.4) is 0 Å². The number of carbonyl (C=O) groups is 2. The van der Waals surface area contributed by atoms with Gasteiger partial charge in [0.2, 0.25) is 11.8 Å². The lowest BCUT2D eigenvalue weighted by atomic mass is 10.2. The van der Waals surface area contributed by atoms with Crippen LogP contribution in [0.1, 0.15) is 46.0 Å². The van der Waals surface area contributed by atoms with Crippen molar-refractivity contribution in [2.45, 2.75) is 57.7 Å². The highest BCUT2D eigenvalue weighted by atomic mass is 32.2. The van der Waals surface area contributed by atoms with E-state index in [-0.39, 0.29) is 35.8 Å². The standard InChI is InChI=1S/C22H31N3O4S/c1-3-24(4-2)22(27)16-25-13-11-17-15-18(9-10-20(17)25)23-21(26)12-14-30(28,29)19-7-5-6-8-19/h9-11,13,15,19H,3-8,12,14,16H2,1-2H3,(H,23,26). The fourth-order valence-electron chi connectivity index (χ4n) is 4.11. The molecule has 1 aliphatic rings. The maximum Gasteiger partial charge on any atom is 0.242 e. The number of hydrogen-bond acceptors (Lipinski definition) is 4. The fraction of sp³-hybridized carbons (Fsp3) is 0.545. The molecule has 1 heterocycles. The maximum absolute atomic E-state index is 12.4. The van der Waals surface area contributed by atoms with Gasteiger partial charge in [-0.1, -0.05) is 12.8 Å². The summed E-state index contributed by atoms with van der Waals surface area (Å²) < 4.78 is 26.6. The Bertz CT molecular complexity index is 1000. The zero-order valence-corrected chi connectivity index (χ0v) is 18.6. The van der Waals surface area contributed by atoms with Crippen LogP contribution in [0.4, 0.5) is 5.69 Å². The van der Waals surface area contributed by atoms with Gasteiger partial charge >= 0.3 is 0 Å². The Labute approximate surface area is 178 Å². The van der Waals surface area contributed by atoms with Crippen LogP contribution in [0.2, 0.25) is 0 Å². The Morgan fingerprint density at radius 3 is 2.50 bits per heavy atom. The van der Waals surface area contributed by atoms with E-state index in [0.717, 1.165) is 23.7 Å². The van der Waals surface area contributed by atoms with Gasteiger partial charge in [-0.15, -0.1) is 0 Å². The summed E-state index contributed by atoms with van der Waals surface area (Å²) in [6.07, 6.45) is 5.18. The summed E-state index contributed by atoms with van der Waals surface area (Å²) in [5.74, 6) is -0.333. The minimum Gasteiger partial charge on any atom is -0.342 e. The van der Waals surface area contributed by atoms with Crippen molar-refractivity contribution in [3.63, 3.8) is 0 Å². The van der Waals surface area contributed by atoms with Crippen LogP contribution < -0.4 is 5.32 Å². The van der Waals surface area contributed by atoms with E-state index in [1.54, 1.807) is 11.0 Å². The third kappa shape index (κ3) is 5.22. The molecular formula is C22H31N3O4S. The van der Waals surface area contributed by atoms with E-state index >= 15 is 0 Å². The molecule has 2 aromatic rings. The van der Waals surface area contributed by atoms with Crippen LogP contribution >= 0.6 is 0 Å². The molecule has 0 unspecified atom stereocenters. The molecule has 3 rings (SSSR count). The average Bonchev–Trinajstić information content (AvgIpc) is 3.38. The molecular weight excluding hydrogens is 402 g/mol. The Kier molecular flexibility index (Phi) is 7.18. The molecule has 0 aliphatic heterocycles. The number of amides is 2. The van der Waals surface area contributed by atoms with Gasteiger partial charge in [0.1, 0.15) is 6.54 Å². The Morgan fingerprint density at radius 1 is 1.13 bits per heavy atom. The molecule has 30 heavy (non-hydrogen) atoms. The van der Waals surface area contributed by atoms with Crippen molar-refractivity contribution in [1.82, 2.24) is 9.47 Å². The number of hydrogen-bond donors (Lipinski definition) is 1. The summed E-state index contributed by atoms with van der Waals surface area (Å²) in [4.78, 5) is 26.4. The minimum absolute atomic E-state index is 0.0315. The minimum atomic E-state index is -3.20. The number of likely N-dealkylation sites (N-methyl/N-ethyl adjacent to an activating group) is 1. The molecule has 8 heteroatoms. The van der Waals surface area contributed by atoms with Crippen molar-refractivity contribution in [3.8, 4) is 0 Å². The molecule has 0 saturated heterocycles. The van der Waals surface area contributed by atoms with E-state index in [0.29, 0.717) is 31.6 Å². The van der Waals surface area contributed by atoms with Crippen molar-refractivity contribution in [2.75, 3.05) is 24.2 Å². The molecule has 0 atom stereocenters. The predicted octanol–water partition coefficient (Wildman–Crippen LogP) is 3.20. The lowest BCUT2D eigenvalue weighted by Crippen LogP contribution is -2.33. The summed E-state index contributed by atoms with van der Waals surface area (Å²) in [7, 11) is -3.20. The molecule has 1 N–H and O–H groups in total. The highest BCUT2D eigenvalue weighted by molar-refractivity contribution is 7.92. The number of fused-ring (bicyclic) bond motifs is 1. The molecule has 0 spiro atoms. The van der Waals surface area contributed by atoms with E-state index in [1.807, 2.05) is 42.8 Å². The number of aromatic nitrogens is 1. The zero-order valence-electron chi connectivity index (χ0n) is 17.8. The van der Waals surface area contributed by atoms with Crippen molar-refractivity contribution in [1.29, 1.82) is 0 Å². The predicted molar refractivity (Wildman–Crippen MR) is 119 cm³/mol. The van der Waals surface area contributed by atoms with Crippen LogP contribution in [-0.4, -0.2) is 53.8 Å². The lowest BCUT2D eigenvalue weighted by molar-refractivity contribution is -0.131. The van der Waals surface area contributed by atoms with Crippen molar-refractivity contribution >= 4 is 38.2 Å². The van der Waals surface area contributed by atoms with Crippen molar-refractivity contribution < 1.29 is 18.0 Å². The van der Waals surface area contributed by atoms with Gasteiger partial charge in [-0.05, 0) is 51.0 Å². The highest BCUT2D eigenvalue weighted by Gasteiger charge is 2.28. The summed E-state index contributed by atoms with van der Waals surface area (Å²) in [5, 5.41) is 3.43. The van der Waals surface area contributed by atoms with Gasteiger partial charge in [0.15, 0.2) is 9.84 Å². The molecule has 1 saturated carbocycles. The number of sulfone groups is 1. The van der Waals surface area contributed by atoms with E-state index in [2.05, 4.69) is 5.32 Å². The second-order valence-electron chi connectivity index (χ2n) is 7.85. The Morgan fingerprint density at radius 2 is 1.83 bits per heavy atom. The first-order valence-corrected chi connectivity index (χ1v) is 12.4. The summed E-state index contributed by atoms with van der Waals surface area (Å²) in [6, 6.07) is 7.40. The van der Waals surface area contributed by atoms with E-state index < -0.39 is 9.84 Å². The number of carbonyl (C=O) groups excluding carboxylic acids is 2. The first-order valence-electron chi connectivity index (χ1n) is 10.7. The Hall–Kier alpha value is -2.35. The zero-order chi connectivity index (χ0) is 21.7. The highest BCUT2D eigenvalue weighted by Crippen LogP contribution is 2.26. The monoisotopic (exact) mass is 433 g/mol. The average molecular weight is 434 g/mol. The second kappa shape index (κ2) is 9.64. The van der Waals surface area contributed by atoms with Crippen LogP contribution in [-0.2, 0) is 26.0 Å². The van der Waals surface area contributed by atoms with Gasteiger partial charge < -0.3 is 14.8 Å². The maximum atomic E-state index is 12.4. The van der Waals surface area contributed by atoms with Gasteiger partial charge in [0, 0.05) is 42.3 Å². The quantitative estimate of drug-likeness (QED) is 0.658. The van der Waals surface area contributed by atoms with Gasteiger partial charge in [-0.3, -0.25) is 9.59 Å². The topological polar surface area (TPSA) is 88.5 Å². The van der Waals surface area contributed by atoms with Crippen LogP contribution in [0, 0.1) is 0 Å². The molecule has 1 aromatic heterocycles. The van der Waals surface area contributed by atoms with Gasteiger partial charge in [0.05, 0.1) is 11.0 Å². The lowest BCUT2D eigenvalue weighted by Gasteiger charge is -2.19. The number of nitrogens with zero attached hydrogens (tertiary/aromatic N) is 2. The molecule has 2 amide bonds. The SMILES string of the molecule is CCN(CC)C(=O)Cn1ccc2cc(NC(=O)CCS(=O)(=O)C3CCCC3)ccc21. The van der Waals surface area contributed by atoms with Gasteiger partial charge in [-0.25, -0.2) is 8.42 Å². The second-order valence-corrected chi connectivity index (χ2v) is 10.3.